The van der Waals surface area contributed by atoms with Crippen LogP contribution in [0.4, 0.5) is 0 Å². The van der Waals surface area contributed by atoms with E-state index in [1.54, 1.807) is 0 Å². The van der Waals surface area contributed by atoms with Crippen LogP contribution in [0.3, 0.4) is 0 Å². The minimum atomic E-state index is 0.904. The molecule has 0 spiro atoms. The van der Waals surface area contributed by atoms with Gasteiger partial charge in [-0.05, 0) is 26.1 Å². The Balaban J connectivity index is 2.28. The molecule has 92 valence electrons. The van der Waals surface area contributed by atoms with Crippen LogP contribution in [0.2, 0.25) is 0 Å². The lowest BCUT2D eigenvalue weighted by molar-refractivity contribution is 0.348. The first-order valence-electron chi connectivity index (χ1n) is 6.08. The zero-order valence-corrected chi connectivity index (χ0v) is 11.0. The van der Waals surface area contributed by atoms with E-state index in [4.69, 9.17) is 0 Å². The second-order valence-corrected chi connectivity index (χ2v) is 4.18. The van der Waals surface area contributed by atoms with E-state index in [-0.39, 0.29) is 0 Å². The predicted octanol–water partition coefficient (Wildman–Crippen LogP) is 1.02. The number of hydrogen-bond donors (Lipinski definition) is 1. The second-order valence-electron chi connectivity index (χ2n) is 4.18. The third-order valence-electron chi connectivity index (χ3n) is 2.91. The van der Waals surface area contributed by atoms with Crippen LogP contribution in [0.1, 0.15) is 25.2 Å². The van der Waals surface area contributed by atoms with Gasteiger partial charge in [-0.15, -0.1) is 0 Å². The Hall–Kier alpha value is -0.870. The lowest BCUT2D eigenvalue weighted by Gasteiger charge is -2.13. The lowest BCUT2D eigenvalue weighted by Crippen LogP contribution is -2.29. The molecule has 4 nitrogen and oxygen atoms in total. The minimum Gasteiger partial charge on any atom is -0.310 e. The fourth-order valence-corrected chi connectivity index (χ4v) is 1.55. The molecule has 4 heteroatoms. The zero-order chi connectivity index (χ0) is 12.0. The van der Waals surface area contributed by atoms with E-state index in [1.807, 2.05) is 11.7 Å². The Bertz CT molecular complexity index is 306. The highest BCUT2D eigenvalue weighted by Gasteiger charge is 2.02. The van der Waals surface area contributed by atoms with Gasteiger partial charge >= 0.3 is 0 Å². The first-order chi connectivity index (χ1) is 7.67. The van der Waals surface area contributed by atoms with Crippen LogP contribution in [0, 0.1) is 0 Å². The molecule has 0 atom stereocenters. The monoisotopic (exact) mass is 224 g/mol. The van der Waals surface area contributed by atoms with Crippen molar-refractivity contribution in [3.05, 3.63) is 17.5 Å². The summed E-state index contributed by atoms with van der Waals surface area (Å²) in [6.45, 7) is 8.44. The molecular formula is C12H24N4. The van der Waals surface area contributed by atoms with Crippen LogP contribution in [-0.2, 0) is 20.0 Å². The van der Waals surface area contributed by atoms with Gasteiger partial charge in [0.2, 0.25) is 0 Å². The molecule has 0 bridgehead atoms. The predicted molar refractivity (Wildman–Crippen MR) is 67.5 cm³/mol. The fourth-order valence-electron chi connectivity index (χ4n) is 1.55. The Morgan fingerprint density at radius 2 is 2.19 bits per heavy atom. The molecule has 1 aromatic rings. The van der Waals surface area contributed by atoms with E-state index >= 15 is 0 Å². The number of rotatable bonds is 7. The molecule has 0 saturated heterocycles. The third kappa shape index (κ3) is 3.94. The van der Waals surface area contributed by atoms with Gasteiger partial charge < -0.3 is 10.2 Å². The minimum absolute atomic E-state index is 0.904. The van der Waals surface area contributed by atoms with Gasteiger partial charge in [0.15, 0.2) is 0 Å². The van der Waals surface area contributed by atoms with Crippen molar-refractivity contribution >= 4 is 0 Å². The van der Waals surface area contributed by atoms with Crippen LogP contribution in [0.5, 0.6) is 0 Å². The van der Waals surface area contributed by atoms with Crippen molar-refractivity contribution < 1.29 is 0 Å². The van der Waals surface area contributed by atoms with Crippen molar-refractivity contribution in [3.63, 3.8) is 0 Å². The van der Waals surface area contributed by atoms with Crippen LogP contribution in [0.25, 0.3) is 0 Å². The molecule has 0 amide bonds. The molecule has 0 aromatic carbocycles. The van der Waals surface area contributed by atoms with Crippen LogP contribution >= 0.6 is 0 Å². The molecule has 16 heavy (non-hydrogen) atoms. The van der Waals surface area contributed by atoms with Gasteiger partial charge in [-0.2, -0.15) is 5.10 Å². The molecule has 0 unspecified atom stereocenters. The molecule has 1 heterocycles. The Kier molecular flexibility index (Phi) is 5.49. The smallest absolute Gasteiger partial charge is 0.0625 e. The second kappa shape index (κ2) is 6.66. The average molecular weight is 224 g/mol. The van der Waals surface area contributed by atoms with Crippen LogP contribution in [0.15, 0.2) is 6.07 Å². The van der Waals surface area contributed by atoms with Crippen molar-refractivity contribution in [2.75, 3.05) is 26.7 Å². The van der Waals surface area contributed by atoms with E-state index in [0.717, 1.165) is 32.6 Å². The highest BCUT2D eigenvalue weighted by Crippen LogP contribution is 2.02. The summed E-state index contributed by atoms with van der Waals surface area (Å²) in [5, 5.41) is 7.87. The van der Waals surface area contributed by atoms with Gasteiger partial charge in [-0.3, -0.25) is 4.68 Å². The van der Waals surface area contributed by atoms with Crippen LogP contribution < -0.4 is 5.32 Å². The molecule has 0 aliphatic heterocycles. The van der Waals surface area contributed by atoms with Gasteiger partial charge in [0, 0.05) is 26.7 Å². The summed E-state index contributed by atoms with van der Waals surface area (Å²) in [6.07, 6.45) is 1.01. The maximum Gasteiger partial charge on any atom is 0.0625 e. The Morgan fingerprint density at radius 3 is 2.75 bits per heavy atom. The van der Waals surface area contributed by atoms with Gasteiger partial charge in [-0.1, -0.05) is 13.8 Å². The number of aryl methyl sites for hydroxylation is 2. The van der Waals surface area contributed by atoms with E-state index in [0.29, 0.717) is 0 Å². The van der Waals surface area contributed by atoms with Gasteiger partial charge in [0.25, 0.3) is 0 Å². The number of aromatic nitrogens is 2. The summed E-state index contributed by atoms with van der Waals surface area (Å²) in [6, 6.07) is 2.18. The maximum atomic E-state index is 4.43. The topological polar surface area (TPSA) is 33.1 Å². The van der Waals surface area contributed by atoms with Crippen molar-refractivity contribution in [2.45, 2.75) is 26.8 Å². The molecule has 0 fully saturated rings. The van der Waals surface area contributed by atoms with E-state index in [2.05, 4.69) is 42.3 Å². The van der Waals surface area contributed by atoms with Crippen molar-refractivity contribution in [1.82, 2.24) is 20.0 Å². The van der Waals surface area contributed by atoms with Crippen molar-refractivity contribution in [3.8, 4) is 0 Å². The van der Waals surface area contributed by atoms with E-state index in [1.165, 1.54) is 11.4 Å². The van der Waals surface area contributed by atoms with Crippen LogP contribution in [-0.4, -0.2) is 41.4 Å². The summed E-state index contributed by atoms with van der Waals surface area (Å²) in [4.78, 5) is 2.30. The molecule has 0 radical (unpaired) electrons. The zero-order valence-electron chi connectivity index (χ0n) is 11.0. The molecule has 0 aliphatic carbocycles. The number of likely N-dealkylation sites (N-methyl/N-ethyl adjacent to an activating group) is 1. The normalized spacial score (nSPS) is 11.3. The van der Waals surface area contributed by atoms with E-state index in [9.17, 15) is 0 Å². The quantitative estimate of drug-likeness (QED) is 0.702. The number of nitrogens with one attached hydrogen (secondary N) is 1. The van der Waals surface area contributed by atoms with Crippen molar-refractivity contribution in [2.24, 2.45) is 7.05 Å². The highest BCUT2D eigenvalue weighted by molar-refractivity contribution is 5.09. The SMILES string of the molecule is CCc1cc(CNCCN(C)CC)n(C)n1. The molecule has 1 N–H and O–H groups in total. The molecule has 0 aliphatic rings. The summed E-state index contributed by atoms with van der Waals surface area (Å²) >= 11 is 0. The summed E-state index contributed by atoms with van der Waals surface area (Å²) < 4.78 is 1.97. The molecular weight excluding hydrogens is 200 g/mol. The average Bonchev–Trinajstić information content (AvgIpc) is 2.65. The first kappa shape index (κ1) is 13.2. The third-order valence-corrected chi connectivity index (χ3v) is 2.91. The summed E-state index contributed by atoms with van der Waals surface area (Å²) in [7, 11) is 4.15. The fraction of sp³-hybridized carbons (Fsp3) is 0.750. The standard InChI is InChI=1S/C12H24N4/c1-5-11-9-12(16(4)14-11)10-13-7-8-15(3)6-2/h9,13H,5-8,10H2,1-4H3. The highest BCUT2D eigenvalue weighted by atomic mass is 15.3. The molecule has 1 aromatic heterocycles. The number of nitrogens with zero attached hydrogens (tertiary/aromatic N) is 3. The number of hydrogen-bond acceptors (Lipinski definition) is 3. The first-order valence-corrected chi connectivity index (χ1v) is 6.08. The molecule has 1 rings (SSSR count). The Labute approximate surface area is 98.6 Å². The summed E-state index contributed by atoms with van der Waals surface area (Å²) in [5.74, 6) is 0. The van der Waals surface area contributed by atoms with E-state index < -0.39 is 0 Å². The largest absolute Gasteiger partial charge is 0.310 e. The van der Waals surface area contributed by atoms with Gasteiger partial charge in [-0.25, -0.2) is 0 Å². The Morgan fingerprint density at radius 1 is 1.44 bits per heavy atom. The molecule has 0 saturated carbocycles. The van der Waals surface area contributed by atoms with Crippen molar-refractivity contribution in [1.29, 1.82) is 0 Å². The summed E-state index contributed by atoms with van der Waals surface area (Å²) in [5.41, 5.74) is 2.43. The van der Waals surface area contributed by atoms with Gasteiger partial charge in [0.1, 0.15) is 0 Å². The van der Waals surface area contributed by atoms with Gasteiger partial charge in [0.05, 0.1) is 11.4 Å². The lowest BCUT2D eigenvalue weighted by atomic mass is 10.3. The maximum absolute atomic E-state index is 4.43.